The lowest BCUT2D eigenvalue weighted by atomic mass is 10.1. The number of halogens is 2. The molecule has 0 aliphatic rings. The average Bonchev–Trinajstić information content (AvgIpc) is 2.50. The number of ether oxygens (including phenoxy) is 1. The molecular weight excluding hydrogens is 349 g/mol. The highest BCUT2D eigenvalue weighted by atomic mass is 79.9. The summed E-state index contributed by atoms with van der Waals surface area (Å²) >= 11 is 3.18. The van der Waals surface area contributed by atoms with Crippen LogP contribution in [0.2, 0.25) is 0 Å². The Balaban J connectivity index is 2.05. The number of hydrogen-bond donors (Lipinski definition) is 1. The van der Waals surface area contributed by atoms with Crippen LogP contribution >= 0.6 is 15.9 Å². The van der Waals surface area contributed by atoms with E-state index in [1.807, 2.05) is 31.2 Å². The molecule has 0 aliphatic carbocycles. The van der Waals surface area contributed by atoms with Gasteiger partial charge in [-0.25, -0.2) is 4.39 Å². The SMILES string of the molecule is CCOCc1ccccc1CNC(=O)c1cc(F)cc(Br)c1. The van der Waals surface area contributed by atoms with E-state index in [4.69, 9.17) is 4.74 Å². The monoisotopic (exact) mass is 365 g/mol. The number of rotatable bonds is 6. The summed E-state index contributed by atoms with van der Waals surface area (Å²) in [6.07, 6.45) is 0. The number of amides is 1. The standard InChI is InChI=1S/C17H17BrFNO2/c1-2-22-11-13-6-4-3-5-12(13)10-20-17(21)14-7-15(18)9-16(19)8-14/h3-9H,2,10-11H2,1H3,(H,20,21). The van der Waals surface area contributed by atoms with Gasteiger partial charge < -0.3 is 10.1 Å². The van der Waals surface area contributed by atoms with E-state index >= 15 is 0 Å². The first-order valence-corrected chi connectivity index (χ1v) is 7.78. The third-order valence-electron chi connectivity index (χ3n) is 3.14. The summed E-state index contributed by atoms with van der Waals surface area (Å²) in [6.45, 7) is 3.45. The third-order valence-corrected chi connectivity index (χ3v) is 3.60. The van der Waals surface area contributed by atoms with E-state index in [9.17, 15) is 9.18 Å². The van der Waals surface area contributed by atoms with Crippen LogP contribution in [0.3, 0.4) is 0 Å². The minimum absolute atomic E-state index is 0.286. The van der Waals surface area contributed by atoms with Crippen molar-refractivity contribution in [3.05, 3.63) is 69.4 Å². The second-order valence-corrected chi connectivity index (χ2v) is 5.66. The minimum Gasteiger partial charge on any atom is -0.377 e. The first-order chi connectivity index (χ1) is 10.6. The summed E-state index contributed by atoms with van der Waals surface area (Å²) in [6, 6.07) is 11.9. The maximum absolute atomic E-state index is 13.3. The topological polar surface area (TPSA) is 38.3 Å². The Bertz CT molecular complexity index is 641. The number of carbonyl (C=O) groups excluding carboxylic acids is 1. The first kappa shape index (κ1) is 16.6. The van der Waals surface area contributed by atoms with Crippen LogP contribution in [0.15, 0.2) is 46.9 Å². The van der Waals surface area contributed by atoms with Crippen LogP contribution in [-0.2, 0) is 17.9 Å². The van der Waals surface area contributed by atoms with Crippen LogP contribution in [0.5, 0.6) is 0 Å². The Hall–Kier alpha value is -1.72. The van der Waals surface area contributed by atoms with Crippen molar-refractivity contribution in [2.24, 2.45) is 0 Å². The predicted molar refractivity (Wildman–Crippen MR) is 87.0 cm³/mol. The zero-order valence-electron chi connectivity index (χ0n) is 12.2. The predicted octanol–water partition coefficient (Wildman–Crippen LogP) is 4.05. The Morgan fingerprint density at radius 3 is 2.64 bits per heavy atom. The van der Waals surface area contributed by atoms with Gasteiger partial charge in [-0.15, -0.1) is 0 Å². The first-order valence-electron chi connectivity index (χ1n) is 6.99. The highest BCUT2D eigenvalue weighted by molar-refractivity contribution is 9.10. The van der Waals surface area contributed by atoms with Gasteiger partial charge in [0.1, 0.15) is 5.82 Å². The van der Waals surface area contributed by atoms with E-state index in [0.717, 1.165) is 11.1 Å². The molecule has 0 atom stereocenters. The minimum atomic E-state index is -0.448. The number of carbonyl (C=O) groups is 1. The molecule has 0 aliphatic heterocycles. The zero-order valence-corrected chi connectivity index (χ0v) is 13.8. The van der Waals surface area contributed by atoms with Gasteiger partial charge in [-0.2, -0.15) is 0 Å². The molecular formula is C17H17BrFNO2. The number of hydrogen-bond acceptors (Lipinski definition) is 2. The fraction of sp³-hybridized carbons (Fsp3) is 0.235. The van der Waals surface area contributed by atoms with Crippen LogP contribution in [0.1, 0.15) is 28.4 Å². The molecule has 1 amide bonds. The van der Waals surface area contributed by atoms with Crippen molar-refractivity contribution in [1.29, 1.82) is 0 Å². The van der Waals surface area contributed by atoms with Gasteiger partial charge in [-0.05, 0) is 36.2 Å². The number of benzene rings is 2. The lowest BCUT2D eigenvalue weighted by molar-refractivity contribution is 0.0949. The summed E-state index contributed by atoms with van der Waals surface area (Å²) in [4.78, 5) is 12.1. The molecule has 0 saturated heterocycles. The summed E-state index contributed by atoms with van der Waals surface area (Å²) < 4.78 is 19.3. The molecule has 0 heterocycles. The highest BCUT2D eigenvalue weighted by Gasteiger charge is 2.09. The van der Waals surface area contributed by atoms with E-state index < -0.39 is 5.82 Å². The van der Waals surface area contributed by atoms with Crippen molar-refractivity contribution in [1.82, 2.24) is 5.32 Å². The summed E-state index contributed by atoms with van der Waals surface area (Å²) in [7, 11) is 0. The Morgan fingerprint density at radius 2 is 1.95 bits per heavy atom. The quantitative estimate of drug-likeness (QED) is 0.838. The molecule has 0 aromatic heterocycles. The van der Waals surface area contributed by atoms with E-state index in [0.29, 0.717) is 24.2 Å². The Morgan fingerprint density at radius 1 is 1.23 bits per heavy atom. The molecule has 0 radical (unpaired) electrons. The molecule has 0 saturated carbocycles. The van der Waals surface area contributed by atoms with E-state index in [-0.39, 0.29) is 11.5 Å². The van der Waals surface area contributed by atoms with Crippen LogP contribution in [0.4, 0.5) is 4.39 Å². The molecule has 5 heteroatoms. The van der Waals surface area contributed by atoms with E-state index in [1.165, 1.54) is 12.1 Å². The van der Waals surface area contributed by atoms with Gasteiger partial charge in [-0.1, -0.05) is 40.2 Å². The van der Waals surface area contributed by atoms with Crippen LogP contribution in [0, 0.1) is 5.82 Å². The normalized spacial score (nSPS) is 10.5. The largest absolute Gasteiger partial charge is 0.377 e. The Labute approximate surface area is 137 Å². The molecule has 2 rings (SSSR count). The third kappa shape index (κ3) is 4.64. The second kappa shape index (κ2) is 8.06. The summed E-state index contributed by atoms with van der Waals surface area (Å²) in [5.74, 6) is -0.761. The molecule has 0 spiro atoms. The maximum Gasteiger partial charge on any atom is 0.251 e. The van der Waals surface area contributed by atoms with Crippen molar-refractivity contribution in [3.8, 4) is 0 Å². The number of nitrogens with one attached hydrogen (secondary N) is 1. The van der Waals surface area contributed by atoms with Crippen molar-refractivity contribution in [2.75, 3.05) is 6.61 Å². The molecule has 2 aromatic carbocycles. The summed E-state index contributed by atoms with van der Waals surface area (Å²) in [5, 5.41) is 2.80. The smallest absolute Gasteiger partial charge is 0.251 e. The van der Waals surface area contributed by atoms with Crippen LogP contribution < -0.4 is 5.32 Å². The molecule has 2 aromatic rings. The van der Waals surface area contributed by atoms with Gasteiger partial charge in [0.25, 0.3) is 5.91 Å². The van der Waals surface area contributed by atoms with Gasteiger partial charge in [0.15, 0.2) is 0 Å². The lowest BCUT2D eigenvalue weighted by Crippen LogP contribution is -2.23. The van der Waals surface area contributed by atoms with E-state index in [2.05, 4.69) is 21.2 Å². The lowest BCUT2D eigenvalue weighted by Gasteiger charge is -2.11. The van der Waals surface area contributed by atoms with Gasteiger partial charge in [0, 0.05) is 23.2 Å². The second-order valence-electron chi connectivity index (χ2n) is 4.75. The molecule has 3 nitrogen and oxygen atoms in total. The molecule has 0 unspecified atom stereocenters. The van der Waals surface area contributed by atoms with Crippen molar-refractivity contribution < 1.29 is 13.9 Å². The molecule has 22 heavy (non-hydrogen) atoms. The highest BCUT2D eigenvalue weighted by Crippen LogP contribution is 2.15. The molecule has 1 N–H and O–H groups in total. The molecule has 116 valence electrons. The fourth-order valence-electron chi connectivity index (χ4n) is 2.05. The van der Waals surface area contributed by atoms with Gasteiger partial charge >= 0.3 is 0 Å². The summed E-state index contributed by atoms with van der Waals surface area (Å²) in [5.41, 5.74) is 2.30. The van der Waals surface area contributed by atoms with Gasteiger partial charge in [0.05, 0.1) is 6.61 Å². The maximum atomic E-state index is 13.3. The van der Waals surface area contributed by atoms with Crippen LogP contribution in [-0.4, -0.2) is 12.5 Å². The van der Waals surface area contributed by atoms with Crippen LogP contribution in [0.25, 0.3) is 0 Å². The zero-order chi connectivity index (χ0) is 15.9. The van der Waals surface area contributed by atoms with Gasteiger partial charge in [0.2, 0.25) is 0 Å². The van der Waals surface area contributed by atoms with Crippen molar-refractivity contribution in [3.63, 3.8) is 0 Å². The molecule has 0 bridgehead atoms. The van der Waals surface area contributed by atoms with E-state index in [1.54, 1.807) is 6.07 Å². The fourth-order valence-corrected chi connectivity index (χ4v) is 2.51. The molecule has 0 fully saturated rings. The Kier molecular flexibility index (Phi) is 6.10. The van der Waals surface area contributed by atoms with Crippen molar-refractivity contribution >= 4 is 21.8 Å². The average molecular weight is 366 g/mol. The van der Waals surface area contributed by atoms with Gasteiger partial charge in [-0.3, -0.25) is 4.79 Å². The van der Waals surface area contributed by atoms with Crippen molar-refractivity contribution in [2.45, 2.75) is 20.1 Å².